The first kappa shape index (κ1) is 18.4. The summed E-state index contributed by atoms with van der Waals surface area (Å²) in [4.78, 5) is 12.4. The minimum absolute atomic E-state index is 0.000431. The fourth-order valence-electron chi connectivity index (χ4n) is 2.50. The van der Waals surface area contributed by atoms with Crippen LogP contribution in [-0.4, -0.2) is 37.9 Å². The Labute approximate surface area is 144 Å². The minimum Gasteiger partial charge on any atom is -0.508 e. The molecule has 5 N–H and O–H groups in total. The van der Waals surface area contributed by atoms with Crippen molar-refractivity contribution >= 4 is 5.78 Å². The maximum Gasteiger partial charge on any atom is 0.171 e. The van der Waals surface area contributed by atoms with Crippen LogP contribution >= 0.6 is 0 Å². The third-order valence-electron chi connectivity index (χ3n) is 4.22. The molecule has 0 unspecified atom stereocenters. The highest BCUT2D eigenvalue weighted by Gasteiger charge is 2.27. The monoisotopic (exact) mass is 344 g/mol. The van der Waals surface area contributed by atoms with Gasteiger partial charge in [0.15, 0.2) is 5.78 Å². The Morgan fingerprint density at radius 3 is 2.32 bits per heavy atom. The van der Waals surface area contributed by atoms with Crippen LogP contribution in [0.5, 0.6) is 23.0 Å². The van der Waals surface area contributed by atoms with Gasteiger partial charge < -0.3 is 25.5 Å². The van der Waals surface area contributed by atoms with Crippen LogP contribution in [0.25, 0.3) is 0 Å². The predicted molar refractivity (Wildman–Crippen MR) is 92.2 cm³/mol. The molecule has 0 aliphatic carbocycles. The third-order valence-corrected chi connectivity index (χ3v) is 4.22. The summed E-state index contributed by atoms with van der Waals surface area (Å²) in [6, 6.07) is 6.14. The number of ketones is 1. The summed E-state index contributed by atoms with van der Waals surface area (Å²) in [7, 11) is 0. The number of hydrogen-bond donors (Lipinski definition) is 5. The first-order valence-corrected chi connectivity index (χ1v) is 7.57. The number of rotatable bonds is 6. The van der Waals surface area contributed by atoms with Crippen molar-refractivity contribution in [3.63, 3.8) is 0 Å². The molecular weight excluding hydrogens is 324 g/mol. The number of benzene rings is 2. The van der Waals surface area contributed by atoms with Gasteiger partial charge in [0.1, 0.15) is 23.0 Å². The topological polar surface area (TPSA) is 118 Å². The molecule has 6 heteroatoms. The molecule has 132 valence electrons. The lowest BCUT2D eigenvalue weighted by atomic mass is 9.81. The van der Waals surface area contributed by atoms with Crippen molar-refractivity contribution in [1.82, 2.24) is 0 Å². The first-order chi connectivity index (χ1) is 11.7. The zero-order chi connectivity index (χ0) is 18.8. The van der Waals surface area contributed by atoms with Crippen molar-refractivity contribution in [1.29, 1.82) is 0 Å². The summed E-state index contributed by atoms with van der Waals surface area (Å²) < 4.78 is 0. The summed E-state index contributed by atoms with van der Waals surface area (Å²) in [6.45, 7) is 4.98. The highest BCUT2D eigenvalue weighted by atomic mass is 16.3. The van der Waals surface area contributed by atoms with Crippen molar-refractivity contribution in [2.75, 3.05) is 6.61 Å². The average molecular weight is 344 g/mol. The molecule has 0 radical (unpaired) electrons. The minimum atomic E-state index is -0.948. The van der Waals surface area contributed by atoms with Crippen LogP contribution in [0, 0.1) is 0 Å². The molecule has 0 heterocycles. The van der Waals surface area contributed by atoms with E-state index in [4.69, 9.17) is 0 Å². The summed E-state index contributed by atoms with van der Waals surface area (Å²) >= 11 is 0. The molecule has 0 aromatic heterocycles. The van der Waals surface area contributed by atoms with Gasteiger partial charge in [0.25, 0.3) is 0 Å². The molecule has 0 bridgehead atoms. The molecule has 2 aromatic carbocycles. The van der Waals surface area contributed by atoms with Gasteiger partial charge in [-0.25, -0.2) is 0 Å². The van der Waals surface area contributed by atoms with E-state index in [1.165, 1.54) is 24.3 Å². The van der Waals surface area contributed by atoms with Crippen LogP contribution in [0.4, 0.5) is 0 Å². The quantitative estimate of drug-likeness (QED) is 0.405. The number of aliphatic hydroxyl groups excluding tert-OH is 1. The molecule has 0 saturated heterocycles. The van der Waals surface area contributed by atoms with E-state index in [1.54, 1.807) is 6.92 Å². The van der Waals surface area contributed by atoms with Crippen LogP contribution < -0.4 is 0 Å². The molecule has 0 amide bonds. The average Bonchev–Trinajstić information content (AvgIpc) is 2.56. The van der Waals surface area contributed by atoms with E-state index in [1.807, 2.05) is 0 Å². The van der Waals surface area contributed by atoms with Crippen molar-refractivity contribution in [2.24, 2.45) is 0 Å². The van der Waals surface area contributed by atoms with Gasteiger partial charge in [-0.3, -0.25) is 4.79 Å². The Hall–Kier alpha value is -2.99. The van der Waals surface area contributed by atoms with Gasteiger partial charge in [-0.05, 0) is 25.1 Å². The van der Waals surface area contributed by atoms with E-state index < -0.39 is 11.2 Å². The smallest absolute Gasteiger partial charge is 0.171 e. The second-order valence-corrected chi connectivity index (χ2v) is 6.08. The number of Topliss-reactive ketones (excluding diaryl/α,β-unsaturated/α-hetero) is 1. The third kappa shape index (κ3) is 3.59. The standard InChI is InChI=1S/C19H20O6/c1-3-19(2,10-20)14-6-11(15(22)9-18(14)25)7-16(23)13-5-4-12(21)8-17(13)24/h3-6,8-9,20-22,24-25H,1,7,10H2,2H3/t19-/m0/s1. The molecule has 6 nitrogen and oxygen atoms in total. The lowest BCUT2D eigenvalue weighted by molar-refractivity contribution is 0.0989. The first-order valence-electron chi connectivity index (χ1n) is 7.57. The molecule has 1 atom stereocenters. The number of aromatic hydroxyl groups is 4. The Kier molecular flexibility index (Phi) is 5.04. The van der Waals surface area contributed by atoms with E-state index in [-0.39, 0.29) is 47.2 Å². The van der Waals surface area contributed by atoms with E-state index >= 15 is 0 Å². The van der Waals surface area contributed by atoms with Crippen LogP contribution in [0.2, 0.25) is 0 Å². The molecule has 0 aliphatic rings. The second-order valence-electron chi connectivity index (χ2n) is 6.08. The van der Waals surface area contributed by atoms with E-state index in [9.17, 15) is 30.3 Å². The SMILES string of the molecule is C=C[C@@](C)(CO)c1cc(CC(=O)c2ccc(O)cc2O)c(O)cc1O. The molecule has 2 rings (SSSR count). The highest BCUT2D eigenvalue weighted by Crippen LogP contribution is 2.37. The zero-order valence-corrected chi connectivity index (χ0v) is 13.7. The van der Waals surface area contributed by atoms with E-state index in [0.29, 0.717) is 5.56 Å². The van der Waals surface area contributed by atoms with Gasteiger partial charge in [0.2, 0.25) is 0 Å². The number of carbonyl (C=O) groups excluding carboxylic acids is 1. The molecule has 25 heavy (non-hydrogen) atoms. The Balaban J connectivity index is 2.42. The summed E-state index contributed by atoms with van der Waals surface area (Å²) in [5.41, 5.74) is -0.399. The summed E-state index contributed by atoms with van der Waals surface area (Å²) in [5, 5.41) is 48.8. The number of carbonyl (C=O) groups is 1. The molecule has 0 saturated carbocycles. The normalized spacial score (nSPS) is 13.2. The lowest BCUT2D eigenvalue weighted by Gasteiger charge is -2.25. The van der Waals surface area contributed by atoms with Crippen LogP contribution in [0.15, 0.2) is 43.0 Å². The van der Waals surface area contributed by atoms with Crippen molar-refractivity contribution in [3.8, 4) is 23.0 Å². The number of phenolic OH excluding ortho intramolecular Hbond substituents is 4. The highest BCUT2D eigenvalue weighted by molar-refractivity contribution is 6.00. The fourth-order valence-corrected chi connectivity index (χ4v) is 2.50. The van der Waals surface area contributed by atoms with Crippen molar-refractivity contribution < 1.29 is 30.3 Å². The fraction of sp³-hybridized carbons (Fsp3) is 0.211. The largest absolute Gasteiger partial charge is 0.508 e. The summed E-state index contributed by atoms with van der Waals surface area (Å²) in [6.07, 6.45) is 1.23. The number of aliphatic hydroxyl groups is 1. The van der Waals surface area contributed by atoms with Gasteiger partial charge in [0, 0.05) is 35.1 Å². The van der Waals surface area contributed by atoms with Gasteiger partial charge in [0.05, 0.1) is 12.2 Å². The van der Waals surface area contributed by atoms with Gasteiger partial charge >= 0.3 is 0 Å². The van der Waals surface area contributed by atoms with Gasteiger partial charge in [-0.1, -0.05) is 6.08 Å². The van der Waals surface area contributed by atoms with Gasteiger partial charge in [-0.2, -0.15) is 0 Å². The van der Waals surface area contributed by atoms with Crippen molar-refractivity contribution in [2.45, 2.75) is 18.8 Å². The second kappa shape index (κ2) is 6.86. The van der Waals surface area contributed by atoms with E-state index in [2.05, 4.69) is 6.58 Å². The van der Waals surface area contributed by atoms with Crippen LogP contribution in [-0.2, 0) is 11.8 Å². The zero-order valence-electron chi connectivity index (χ0n) is 13.7. The van der Waals surface area contributed by atoms with Gasteiger partial charge in [-0.15, -0.1) is 6.58 Å². The van der Waals surface area contributed by atoms with Crippen LogP contribution in [0.3, 0.4) is 0 Å². The lowest BCUT2D eigenvalue weighted by Crippen LogP contribution is -2.24. The number of phenols is 4. The van der Waals surface area contributed by atoms with Crippen molar-refractivity contribution in [3.05, 3.63) is 59.7 Å². The Morgan fingerprint density at radius 1 is 1.08 bits per heavy atom. The Morgan fingerprint density at radius 2 is 1.76 bits per heavy atom. The molecule has 0 spiro atoms. The summed E-state index contributed by atoms with van der Waals surface area (Å²) in [5.74, 6) is -1.52. The predicted octanol–water partition coefficient (Wildman–Crippen LogP) is 2.37. The molecule has 0 fully saturated rings. The molecule has 2 aromatic rings. The maximum absolute atomic E-state index is 12.4. The number of hydrogen-bond acceptors (Lipinski definition) is 6. The van der Waals surface area contributed by atoms with Crippen LogP contribution in [0.1, 0.15) is 28.4 Å². The maximum atomic E-state index is 12.4. The Bertz CT molecular complexity index is 827. The molecule has 0 aliphatic heterocycles. The molecular formula is C19H20O6. The van der Waals surface area contributed by atoms with E-state index in [0.717, 1.165) is 12.1 Å².